The molecule has 0 bridgehead atoms. The summed E-state index contributed by atoms with van der Waals surface area (Å²) in [5, 5.41) is 7.70. The molecule has 0 atom stereocenters. The van der Waals surface area contributed by atoms with Gasteiger partial charge >= 0.3 is 0 Å². The van der Waals surface area contributed by atoms with Gasteiger partial charge in [0.2, 0.25) is 0 Å². The van der Waals surface area contributed by atoms with Crippen molar-refractivity contribution in [2.24, 2.45) is 0 Å². The molecule has 0 aliphatic heterocycles. The van der Waals surface area contributed by atoms with E-state index in [4.69, 9.17) is 8.22 Å². The lowest BCUT2D eigenvalue weighted by Gasteiger charge is -2.27. The molecule has 13 aromatic rings. The van der Waals surface area contributed by atoms with Crippen LogP contribution in [-0.2, 0) is 10.8 Å². The molecule has 0 unspecified atom stereocenters. The Morgan fingerprint density at radius 3 is 1.11 bits per heavy atom. The van der Waals surface area contributed by atoms with Crippen molar-refractivity contribution in [2.75, 3.05) is 9.80 Å². The minimum atomic E-state index is -0.454. The topological polar surface area (TPSA) is 15.3 Å². The molecular weight excluding hydrogens is 873 g/mol. The maximum absolute atomic E-state index is 9.43. The van der Waals surface area contributed by atoms with Crippen molar-refractivity contribution in [2.45, 2.75) is 91.9 Å². The third-order valence-corrected chi connectivity index (χ3v) is 15.1. The summed E-state index contributed by atoms with van der Waals surface area (Å²) in [5.74, 6) is 0.483. The standard InChI is InChI=1S/C68H62N4/c1-41(2)43-27-31-47(32-28-43)69(45-19-13-11-14-20-45)57-37-35-49-53-39-60-54(40-59(53)71-63-51(61(57)65(49)71)23-17-25-55(63)67(5,6)7)50-36-38-58(62-52-24-18-26-56(68(8,9)10)64(52)72(60)66(50)62)70(46-21-15-12-16-22-46)48-33-29-44(30-34-48)42(3)4/h11-42H,1-10H3/i11D,12D,13D,14D,15D,16D,19D,20D,21D,22D. The van der Waals surface area contributed by atoms with E-state index in [-0.39, 0.29) is 58.2 Å². The highest BCUT2D eigenvalue weighted by molar-refractivity contribution is 6.32. The summed E-state index contributed by atoms with van der Waals surface area (Å²) in [6.07, 6.45) is 0. The maximum atomic E-state index is 9.43. The van der Waals surface area contributed by atoms with Crippen LogP contribution in [0.25, 0.3) is 76.2 Å². The van der Waals surface area contributed by atoms with Crippen molar-refractivity contribution in [1.82, 2.24) is 8.80 Å². The van der Waals surface area contributed by atoms with Gasteiger partial charge in [-0.25, -0.2) is 0 Å². The van der Waals surface area contributed by atoms with Crippen LogP contribution in [0.3, 0.4) is 0 Å². The van der Waals surface area contributed by atoms with Gasteiger partial charge in [0, 0.05) is 65.8 Å². The largest absolute Gasteiger partial charge is 0.310 e. The van der Waals surface area contributed by atoms with E-state index >= 15 is 0 Å². The van der Waals surface area contributed by atoms with E-state index in [9.17, 15) is 5.48 Å². The van der Waals surface area contributed by atoms with Gasteiger partial charge in [-0.3, -0.25) is 0 Å². The first-order chi connectivity index (χ1) is 38.8. The molecule has 72 heavy (non-hydrogen) atoms. The lowest BCUT2D eigenvalue weighted by Crippen LogP contribution is -2.12. The lowest BCUT2D eigenvalue weighted by molar-refractivity contribution is 0.594. The zero-order chi connectivity index (χ0) is 58.2. The normalized spacial score (nSPS) is 14.8. The molecule has 9 aromatic carbocycles. The molecular formula is C68H62N4. The van der Waals surface area contributed by atoms with Crippen LogP contribution in [0.4, 0.5) is 34.1 Å². The molecule has 0 aliphatic rings. The molecule has 4 nitrogen and oxygen atoms in total. The van der Waals surface area contributed by atoms with Crippen molar-refractivity contribution in [3.05, 3.63) is 204 Å². The van der Waals surface area contributed by atoms with E-state index in [0.717, 1.165) is 98.4 Å². The Hall–Kier alpha value is -7.82. The van der Waals surface area contributed by atoms with Crippen LogP contribution in [0.5, 0.6) is 0 Å². The fraction of sp³-hybridized carbons (Fsp3) is 0.206. The molecule has 0 saturated heterocycles. The van der Waals surface area contributed by atoms with Crippen LogP contribution >= 0.6 is 0 Å². The van der Waals surface area contributed by atoms with E-state index in [0.29, 0.717) is 22.7 Å². The van der Waals surface area contributed by atoms with Crippen LogP contribution < -0.4 is 9.80 Å². The second kappa shape index (κ2) is 15.8. The number of nitrogens with zero attached hydrogens (tertiary/aromatic N) is 4. The van der Waals surface area contributed by atoms with Gasteiger partial charge in [-0.2, -0.15) is 0 Å². The predicted octanol–water partition coefficient (Wildman–Crippen LogP) is 19.8. The smallest absolute Gasteiger partial charge is 0.0645 e. The molecule has 4 heterocycles. The second-order valence-electron chi connectivity index (χ2n) is 22.3. The number of aromatic nitrogens is 2. The average molecular weight is 945 g/mol. The molecule has 0 saturated carbocycles. The minimum Gasteiger partial charge on any atom is -0.310 e. The maximum Gasteiger partial charge on any atom is 0.0645 e. The fourth-order valence-electron chi connectivity index (χ4n) is 11.7. The summed E-state index contributed by atoms with van der Waals surface area (Å²) in [6.45, 7) is 21.8. The summed E-state index contributed by atoms with van der Waals surface area (Å²) in [4.78, 5) is 3.72. The van der Waals surface area contributed by atoms with Gasteiger partial charge in [0.25, 0.3) is 0 Å². The monoisotopic (exact) mass is 945 g/mol. The third-order valence-electron chi connectivity index (χ3n) is 15.1. The lowest BCUT2D eigenvalue weighted by atomic mass is 9.85. The molecule has 0 aliphatic carbocycles. The van der Waals surface area contributed by atoms with Crippen LogP contribution in [-0.4, -0.2) is 8.80 Å². The Bertz CT molecular complexity index is 4460. The molecule has 0 amide bonds. The van der Waals surface area contributed by atoms with Crippen LogP contribution in [0.2, 0.25) is 0 Å². The number of para-hydroxylation sites is 4. The van der Waals surface area contributed by atoms with Crippen molar-refractivity contribution in [3.8, 4) is 0 Å². The summed E-state index contributed by atoms with van der Waals surface area (Å²) in [7, 11) is 0. The quantitative estimate of drug-likeness (QED) is 0.151. The van der Waals surface area contributed by atoms with Gasteiger partial charge in [0.1, 0.15) is 0 Å². The second-order valence-corrected chi connectivity index (χ2v) is 22.3. The SMILES string of the molecule is [2H]c1c([2H])c([2H])c(N(c2ccc(C(C)C)cc2)c2ccc3c4cc5c(cc4n4c6c(C(C)(C)C)cccc6c2c34)c2ccc(N(c3ccc(C(C)C)cc3)c3c([2H])c([2H])c([2H])c([2H])c3[2H])c3c4cccc(C(C)(C)C)c4n5c23)c([2H])c1[2H]. The summed E-state index contributed by atoms with van der Waals surface area (Å²) < 4.78 is 95.4. The Balaban J connectivity index is 1.19. The number of fused-ring (bicyclic) bond motifs is 12. The molecule has 354 valence electrons. The molecule has 4 heteroatoms. The van der Waals surface area contributed by atoms with E-state index in [1.54, 1.807) is 0 Å². The summed E-state index contributed by atoms with van der Waals surface area (Å²) >= 11 is 0. The van der Waals surface area contributed by atoms with Gasteiger partial charge in [-0.15, -0.1) is 0 Å². The van der Waals surface area contributed by atoms with Crippen molar-refractivity contribution >= 4 is 110 Å². The van der Waals surface area contributed by atoms with Gasteiger partial charge in [-0.1, -0.05) is 178 Å². The van der Waals surface area contributed by atoms with Crippen molar-refractivity contribution in [3.63, 3.8) is 0 Å². The highest BCUT2D eigenvalue weighted by atomic mass is 15.2. The first-order valence-electron chi connectivity index (χ1n) is 30.2. The van der Waals surface area contributed by atoms with Crippen LogP contribution in [0, 0.1) is 0 Å². The highest BCUT2D eigenvalue weighted by Gasteiger charge is 2.31. The minimum absolute atomic E-state index is 0.0628. The Labute approximate surface area is 437 Å². The Kier molecular flexibility index (Phi) is 7.59. The van der Waals surface area contributed by atoms with Gasteiger partial charge in [-0.05, 0) is 118 Å². The molecule has 0 radical (unpaired) electrons. The first-order valence-corrected chi connectivity index (χ1v) is 25.2. The number of rotatable bonds is 8. The van der Waals surface area contributed by atoms with Crippen molar-refractivity contribution < 1.29 is 13.7 Å². The first kappa shape index (κ1) is 34.5. The number of anilines is 6. The van der Waals surface area contributed by atoms with E-state index in [2.05, 4.69) is 163 Å². The number of benzene rings is 9. The van der Waals surface area contributed by atoms with Gasteiger partial charge in [0.15, 0.2) is 0 Å². The van der Waals surface area contributed by atoms with Crippen LogP contribution in [0.15, 0.2) is 182 Å². The number of hydrogen-bond donors (Lipinski definition) is 0. The van der Waals surface area contributed by atoms with Crippen LogP contribution in [0.1, 0.15) is 117 Å². The van der Waals surface area contributed by atoms with Gasteiger partial charge < -0.3 is 18.6 Å². The predicted molar refractivity (Wildman–Crippen MR) is 311 cm³/mol. The number of hydrogen-bond acceptors (Lipinski definition) is 2. The van der Waals surface area contributed by atoms with Crippen molar-refractivity contribution in [1.29, 1.82) is 0 Å². The van der Waals surface area contributed by atoms with E-state index < -0.39 is 36.3 Å². The molecule has 0 fully saturated rings. The zero-order valence-electron chi connectivity index (χ0n) is 52.5. The van der Waals surface area contributed by atoms with E-state index in [1.165, 1.54) is 0 Å². The Morgan fingerprint density at radius 1 is 0.389 bits per heavy atom. The zero-order valence-corrected chi connectivity index (χ0v) is 42.5. The molecule has 4 aromatic heterocycles. The molecule has 0 spiro atoms. The summed E-state index contributed by atoms with van der Waals surface area (Å²) in [5.41, 5.74) is 12.5. The molecule has 13 rings (SSSR count). The third kappa shape index (κ3) is 6.43. The van der Waals surface area contributed by atoms with E-state index in [1.807, 2.05) is 46.2 Å². The average Bonchev–Trinajstić information content (AvgIpc) is 1.61. The summed E-state index contributed by atoms with van der Waals surface area (Å²) in [6, 6.07) is 38.2. The molecule has 0 N–H and O–H groups in total. The van der Waals surface area contributed by atoms with Gasteiger partial charge in [0.05, 0.1) is 58.2 Å². The fourth-order valence-corrected chi connectivity index (χ4v) is 11.7. The Morgan fingerprint density at radius 2 is 0.764 bits per heavy atom. The highest BCUT2D eigenvalue weighted by Crippen LogP contribution is 2.53.